The Labute approximate surface area is 279 Å². The van der Waals surface area contributed by atoms with Gasteiger partial charge in [0.1, 0.15) is 17.1 Å². The van der Waals surface area contributed by atoms with E-state index < -0.39 is 24.8 Å². The Hall–Kier alpha value is -3.77. The van der Waals surface area contributed by atoms with Crippen molar-refractivity contribution in [2.45, 2.75) is 12.2 Å². The van der Waals surface area contributed by atoms with Crippen LogP contribution in [0.15, 0.2) is 100 Å². The Bertz CT molecular complexity index is 1970. The number of hydrogen-bond acceptors (Lipinski definition) is 7. The average molecular weight is 754 g/mol. The van der Waals surface area contributed by atoms with Crippen LogP contribution in [0.5, 0.6) is 11.5 Å². The van der Waals surface area contributed by atoms with E-state index in [-0.39, 0.29) is 27.6 Å². The Balaban J connectivity index is 1.48. The Kier molecular flexibility index (Phi) is 9.88. The van der Waals surface area contributed by atoms with Gasteiger partial charge in [-0.25, -0.2) is 9.78 Å². The molecule has 0 saturated carbocycles. The summed E-state index contributed by atoms with van der Waals surface area (Å²) in [5, 5.41) is 0.543. The van der Waals surface area contributed by atoms with Crippen molar-refractivity contribution in [1.82, 2.24) is 4.98 Å². The first-order valence-electron chi connectivity index (χ1n) is 13.1. The molecule has 0 unspecified atom stereocenters. The Morgan fingerprint density at radius 3 is 2.48 bits per heavy atom. The van der Waals surface area contributed by atoms with Crippen LogP contribution in [0, 0.1) is 0 Å². The number of esters is 1. The highest BCUT2D eigenvalue weighted by Crippen LogP contribution is 2.60. The topological polar surface area (TPSA) is 122 Å². The molecule has 46 heavy (non-hydrogen) atoms. The van der Waals surface area contributed by atoms with Crippen molar-refractivity contribution < 1.29 is 41.8 Å². The molecule has 0 aliphatic heterocycles. The molecule has 0 saturated heterocycles. The molecule has 9 nitrogen and oxygen atoms in total. The van der Waals surface area contributed by atoms with E-state index in [4.69, 9.17) is 37.1 Å². The van der Waals surface area contributed by atoms with E-state index in [1.165, 1.54) is 25.4 Å². The summed E-state index contributed by atoms with van der Waals surface area (Å²) in [6.07, 6.45) is 1.49. The average Bonchev–Trinajstić information content (AvgIpc) is 3.51. The molecule has 0 bridgehead atoms. The van der Waals surface area contributed by atoms with Gasteiger partial charge in [-0.2, -0.15) is 8.78 Å². The standard InChI is InChI=1S/C31H22BrCl2F2N2O7P/c1-43-29(39)22-7-2-3-8-27(22)44-21-6-4-5-19(14-21)28-16-37-30(45-28)38(20-10-12-25(33)26(34)15-20)17-18-9-11-23(24(32)13-18)31(35,36)46(40,41)42/h2-16H,17H2,1H3,(H2,40,41,42). The molecule has 2 N–H and O–H groups in total. The molecule has 5 rings (SSSR count). The third-order valence-electron chi connectivity index (χ3n) is 6.64. The van der Waals surface area contributed by atoms with Crippen molar-refractivity contribution in [3.05, 3.63) is 122 Å². The number of halogens is 5. The molecule has 0 radical (unpaired) electrons. The van der Waals surface area contributed by atoms with Crippen LogP contribution in [0.4, 0.5) is 20.5 Å². The SMILES string of the molecule is COC(=O)c1ccccc1Oc1cccc(-c2cnc(N(Cc3ccc(C(F)(F)P(=O)(O)O)c(Br)c3)c3ccc(Cl)c(Cl)c3)o2)c1. The van der Waals surface area contributed by atoms with Crippen molar-refractivity contribution >= 4 is 64.4 Å². The molecule has 0 fully saturated rings. The Morgan fingerprint density at radius 2 is 1.78 bits per heavy atom. The minimum absolute atomic E-state index is 0.0196. The van der Waals surface area contributed by atoms with Crippen LogP contribution in [0.3, 0.4) is 0 Å². The minimum atomic E-state index is -5.78. The van der Waals surface area contributed by atoms with Crippen molar-refractivity contribution in [1.29, 1.82) is 0 Å². The highest BCUT2D eigenvalue weighted by atomic mass is 79.9. The summed E-state index contributed by atoms with van der Waals surface area (Å²) < 4.78 is 57.0. The van der Waals surface area contributed by atoms with Gasteiger partial charge in [-0.1, -0.05) is 75.5 Å². The number of methoxy groups -OCH3 is 1. The Morgan fingerprint density at radius 1 is 1.02 bits per heavy atom. The lowest BCUT2D eigenvalue weighted by atomic mass is 10.1. The van der Waals surface area contributed by atoms with Gasteiger partial charge in [-0.15, -0.1) is 0 Å². The van der Waals surface area contributed by atoms with E-state index in [1.54, 1.807) is 71.6 Å². The van der Waals surface area contributed by atoms with Gasteiger partial charge in [-0.05, 0) is 54.1 Å². The van der Waals surface area contributed by atoms with Gasteiger partial charge in [0.05, 0.1) is 29.9 Å². The number of ether oxygens (including phenoxy) is 2. The highest BCUT2D eigenvalue weighted by Gasteiger charge is 2.51. The van der Waals surface area contributed by atoms with Gasteiger partial charge in [0.2, 0.25) is 0 Å². The van der Waals surface area contributed by atoms with Gasteiger partial charge < -0.3 is 23.7 Å². The van der Waals surface area contributed by atoms with Crippen LogP contribution in [-0.4, -0.2) is 27.8 Å². The number of benzene rings is 4. The summed E-state index contributed by atoms with van der Waals surface area (Å²) in [5.41, 5.74) is -3.46. The molecule has 238 valence electrons. The number of oxazole rings is 1. The number of carbonyl (C=O) groups excluding carboxylic acids is 1. The van der Waals surface area contributed by atoms with Crippen LogP contribution < -0.4 is 9.64 Å². The molecule has 1 aromatic heterocycles. The highest BCUT2D eigenvalue weighted by molar-refractivity contribution is 9.10. The largest absolute Gasteiger partial charge is 0.465 e. The second-order valence-electron chi connectivity index (χ2n) is 9.71. The molecular formula is C31H22BrCl2F2N2O7P. The quantitative estimate of drug-likeness (QED) is 0.106. The molecule has 4 aromatic carbocycles. The van der Waals surface area contributed by atoms with Crippen molar-refractivity contribution in [2.75, 3.05) is 12.0 Å². The maximum absolute atomic E-state index is 14.4. The number of nitrogens with zero attached hydrogens (tertiary/aromatic N) is 2. The summed E-state index contributed by atoms with van der Waals surface area (Å²) in [4.78, 5) is 36.6. The lowest BCUT2D eigenvalue weighted by molar-refractivity contribution is 0.0557. The van der Waals surface area contributed by atoms with Crippen LogP contribution in [0.25, 0.3) is 11.3 Å². The summed E-state index contributed by atoms with van der Waals surface area (Å²) in [7, 11) is -4.50. The molecule has 1 heterocycles. The fourth-order valence-electron chi connectivity index (χ4n) is 4.36. The molecule has 15 heteroatoms. The summed E-state index contributed by atoms with van der Waals surface area (Å²) >= 11 is 15.5. The van der Waals surface area contributed by atoms with E-state index in [1.807, 2.05) is 0 Å². The summed E-state index contributed by atoms with van der Waals surface area (Å²) in [6, 6.07) is 22.0. The zero-order valence-corrected chi connectivity index (χ0v) is 27.5. The van der Waals surface area contributed by atoms with E-state index in [2.05, 4.69) is 20.9 Å². The number of aromatic nitrogens is 1. The van der Waals surface area contributed by atoms with Gasteiger partial charge in [-0.3, -0.25) is 9.46 Å². The maximum Gasteiger partial charge on any atom is 0.399 e. The molecule has 0 aliphatic rings. The van der Waals surface area contributed by atoms with Crippen molar-refractivity contribution in [3.63, 3.8) is 0 Å². The zero-order valence-electron chi connectivity index (χ0n) is 23.5. The number of carbonyl (C=O) groups is 1. The molecule has 5 aromatic rings. The number of anilines is 2. The number of rotatable bonds is 10. The predicted molar refractivity (Wildman–Crippen MR) is 172 cm³/mol. The molecule has 0 spiro atoms. The van der Waals surface area contributed by atoms with Gasteiger partial charge >= 0.3 is 25.2 Å². The van der Waals surface area contributed by atoms with Crippen LogP contribution in [-0.2, 0) is 21.5 Å². The van der Waals surface area contributed by atoms with E-state index in [0.717, 1.165) is 6.07 Å². The fourth-order valence-corrected chi connectivity index (χ4v) is 5.99. The minimum Gasteiger partial charge on any atom is -0.465 e. The third kappa shape index (κ3) is 7.12. The van der Waals surface area contributed by atoms with Crippen molar-refractivity contribution in [2.24, 2.45) is 0 Å². The molecular weight excluding hydrogens is 732 g/mol. The van der Waals surface area contributed by atoms with E-state index in [0.29, 0.717) is 39.1 Å². The lowest BCUT2D eigenvalue weighted by Gasteiger charge is -2.23. The van der Waals surface area contributed by atoms with Crippen LogP contribution in [0.1, 0.15) is 21.5 Å². The maximum atomic E-state index is 14.4. The molecule has 0 aliphatic carbocycles. The second kappa shape index (κ2) is 13.5. The first-order chi connectivity index (χ1) is 21.8. The zero-order chi connectivity index (χ0) is 33.2. The van der Waals surface area contributed by atoms with E-state index in [9.17, 15) is 27.9 Å². The second-order valence-corrected chi connectivity index (χ2v) is 13.0. The van der Waals surface area contributed by atoms with Crippen molar-refractivity contribution in [3.8, 4) is 22.8 Å². The molecule has 0 amide bonds. The summed E-state index contributed by atoms with van der Waals surface area (Å²) in [5.74, 6) is 0.507. The van der Waals surface area contributed by atoms with Gasteiger partial charge in [0.15, 0.2) is 5.76 Å². The smallest absolute Gasteiger partial charge is 0.399 e. The normalized spacial score (nSPS) is 11.7. The van der Waals surface area contributed by atoms with Gasteiger partial charge in [0, 0.05) is 21.3 Å². The lowest BCUT2D eigenvalue weighted by Crippen LogP contribution is -2.18. The summed E-state index contributed by atoms with van der Waals surface area (Å²) in [6.45, 7) is 0.0196. The number of para-hydroxylation sites is 1. The molecule has 0 atom stereocenters. The van der Waals surface area contributed by atoms with E-state index >= 15 is 0 Å². The first-order valence-corrected chi connectivity index (χ1v) is 16.3. The van der Waals surface area contributed by atoms with Crippen LogP contribution >= 0.6 is 46.7 Å². The number of hydrogen-bond donors (Lipinski definition) is 2. The monoisotopic (exact) mass is 752 g/mol. The fraction of sp³-hybridized carbons (Fsp3) is 0.0968. The first kappa shape index (κ1) is 33.6. The van der Waals surface area contributed by atoms with Crippen LogP contribution in [0.2, 0.25) is 10.0 Å². The predicted octanol–water partition coefficient (Wildman–Crippen LogP) is 9.56. The third-order valence-corrected chi connectivity index (χ3v) is 9.01. The van der Waals surface area contributed by atoms with Gasteiger partial charge in [0.25, 0.3) is 0 Å². The number of alkyl halides is 2.